The maximum Gasteiger partial charge on any atom is 0.356 e. The van der Waals surface area contributed by atoms with Crippen LogP contribution in [0, 0.1) is 0 Å². The van der Waals surface area contributed by atoms with Crippen molar-refractivity contribution < 1.29 is 14.4 Å². The van der Waals surface area contributed by atoms with Gasteiger partial charge in [0.1, 0.15) is 6.29 Å². The van der Waals surface area contributed by atoms with Gasteiger partial charge in [-0.25, -0.2) is 4.79 Å². The molecule has 0 aliphatic carbocycles. The Morgan fingerprint density at radius 1 is 1.27 bits per heavy atom. The second-order valence-electron chi connectivity index (χ2n) is 2.59. The molecule has 0 saturated heterocycles. The summed E-state index contributed by atoms with van der Waals surface area (Å²) in [6.07, 6.45) is 1.12. The second kappa shape index (κ2) is 4.75. The first-order valence-corrected chi connectivity index (χ1v) is 3.93. The number of benzene rings is 1. The monoisotopic (exact) mass is 205 g/mol. The highest BCUT2D eigenvalue weighted by atomic mass is 16.2. The molecule has 0 heterocycles. The number of rotatable bonds is 3. The first-order chi connectivity index (χ1) is 7.17. The Morgan fingerprint density at radius 3 is 2.53 bits per heavy atom. The predicted molar refractivity (Wildman–Crippen MR) is 51.3 cm³/mol. The molecule has 15 heavy (non-hydrogen) atoms. The lowest BCUT2D eigenvalue weighted by atomic mass is 10.1. The third-order valence-electron chi connectivity index (χ3n) is 1.57. The number of urea groups is 1. The Bertz CT molecular complexity index is 440. The molecule has 0 saturated carbocycles. The molecule has 2 N–H and O–H groups in total. The van der Waals surface area contributed by atoms with Crippen LogP contribution in [0.4, 0.5) is 10.5 Å². The standard InChI is InChI=1S/C9H7N3O3/c10-9(15)12-11-8-2-1-6(4-13)3-7(8)5-14/h1-5H,(H2,10,15). The molecule has 0 fully saturated rings. The van der Waals surface area contributed by atoms with E-state index >= 15 is 0 Å². The van der Waals surface area contributed by atoms with Crippen LogP contribution in [0.15, 0.2) is 28.4 Å². The fraction of sp³-hybridized carbons (Fsp3) is 0. The summed E-state index contributed by atoms with van der Waals surface area (Å²) in [7, 11) is 0. The molecule has 1 rings (SSSR count). The summed E-state index contributed by atoms with van der Waals surface area (Å²) in [5, 5.41) is 6.53. The van der Waals surface area contributed by atoms with E-state index in [2.05, 4.69) is 10.2 Å². The van der Waals surface area contributed by atoms with Crippen molar-refractivity contribution in [2.75, 3.05) is 0 Å². The largest absolute Gasteiger partial charge is 0.356 e. The van der Waals surface area contributed by atoms with Crippen molar-refractivity contribution in [3.63, 3.8) is 0 Å². The Labute approximate surface area is 84.8 Å². The first kappa shape index (κ1) is 10.7. The summed E-state index contributed by atoms with van der Waals surface area (Å²) in [6, 6.07) is 3.25. The molecule has 1 aromatic rings. The quantitative estimate of drug-likeness (QED) is 0.596. The minimum atomic E-state index is -0.952. The maximum absolute atomic E-state index is 10.6. The lowest BCUT2D eigenvalue weighted by Gasteiger charge is -1.97. The fourth-order valence-corrected chi connectivity index (χ4v) is 0.935. The topological polar surface area (TPSA) is 102 Å². The van der Waals surface area contributed by atoms with Crippen LogP contribution in [-0.4, -0.2) is 18.6 Å². The third-order valence-corrected chi connectivity index (χ3v) is 1.57. The second-order valence-corrected chi connectivity index (χ2v) is 2.59. The van der Waals surface area contributed by atoms with E-state index in [1.807, 2.05) is 0 Å². The molecule has 0 spiro atoms. The Morgan fingerprint density at radius 2 is 2.00 bits per heavy atom. The summed E-state index contributed by atoms with van der Waals surface area (Å²) in [4.78, 5) is 31.3. The lowest BCUT2D eigenvalue weighted by Crippen LogP contribution is -2.02. The van der Waals surface area contributed by atoms with Crippen molar-refractivity contribution in [3.05, 3.63) is 29.3 Å². The number of hydrogen-bond acceptors (Lipinski definition) is 4. The number of nitrogens with two attached hydrogens (primary N) is 1. The number of nitrogens with zero attached hydrogens (tertiary/aromatic N) is 2. The molecule has 6 heteroatoms. The molecule has 0 radical (unpaired) electrons. The summed E-state index contributed by atoms with van der Waals surface area (Å²) < 4.78 is 0. The van der Waals surface area contributed by atoms with Crippen LogP contribution in [0.2, 0.25) is 0 Å². The van der Waals surface area contributed by atoms with Crippen molar-refractivity contribution in [1.82, 2.24) is 0 Å². The van der Waals surface area contributed by atoms with Gasteiger partial charge in [-0.15, -0.1) is 5.11 Å². The number of aldehydes is 2. The molecule has 76 valence electrons. The van der Waals surface area contributed by atoms with E-state index in [0.29, 0.717) is 18.1 Å². The van der Waals surface area contributed by atoms with E-state index in [0.717, 1.165) is 0 Å². The summed E-state index contributed by atoms with van der Waals surface area (Å²) >= 11 is 0. The van der Waals surface area contributed by atoms with Gasteiger partial charge in [-0.3, -0.25) is 9.59 Å². The van der Waals surface area contributed by atoms with Crippen LogP contribution < -0.4 is 5.73 Å². The average Bonchev–Trinajstić information content (AvgIpc) is 2.25. The molecule has 0 atom stereocenters. The zero-order valence-corrected chi connectivity index (χ0v) is 7.58. The van der Waals surface area contributed by atoms with Gasteiger partial charge in [0.15, 0.2) is 6.29 Å². The molecule has 1 aromatic carbocycles. The third kappa shape index (κ3) is 2.80. The van der Waals surface area contributed by atoms with Gasteiger partial charge >= 0.3 is 6.03 Å². The molecule has 0 aromatic heterocycles. The van der Waals surface area contributed by atoms with E-state index in [1.54, 1.807) is 0 Å². The number of amides is 2. The number of carbonyl (C=O) groups excluding carboxylic acids is 3. The number of primary amides is 1. The van der Waals surface area contributed by atoms with Crippen LogP contribution in [0.1, 0.15) is 20.7 Å². The first-order valence-electron chi connectivity index (χ1n) is 3.93. The van der Waals surface area contributed by atoms with Crippen molar-refractivity contribution in [3.8, 4) is 0 Å². The maximum atomic E-state index is 10.6. The normalized spacial score (nSPS) is 10.1. The molecular formula is C9H7N3O3. The molecule has 0 bridgehead atoms. The molecule has 0 aliphatic rings. The van der Waals surface area contributed by atoms with Crippen molar-refractivity contribution in [2.45, 2.75) is 0 Å². The van der Waals surface area contributed by atoms with E-state index in [4.69, 9.17) is 5.73 Å². The van der Waals surface area contributed by atoms with Crippen LogP contribution in [-0.2, 0) is 0 Å². The minimum absolute atomic E-state index is 0.171. The minimum Gasteiger partial charge on any atom is -0.348 e. The molecule has 0 aliphatic heterocycles. The average molecular weight is 205 g/mol. The zero-order chi connectivity index (χ0) is 11.3. The van der Waals surface area contributed by atoms with Crippen molar-refractivity contribution in [2.24, 2.45) is 16.0 Å². The Balaban J connectivity index is 3.13. The Kier molecular flexibility index (Phi) is 3.39. The van der Waals surface area contributed by atoms with Gasteiger partial charge < -0.3 is 5.73 Å². The zero-order valence-electron chi connectivity index (χ0n) is 7.58. The molecule has 2 amide bonds. The van der Waals surface area contributed by atoms with Crippen molar-refractivity contribution in [1.29, 1.82) is 0 Å². The molecule has 6 nitrogen and oxygen atoms in total. The van der Waals surface area contributed by atoms with E-state index in [-0.39, 0.29) is 11.3 Å². The highest BCUT2D eigenvalue weighted by molar-refractivity contribution is 5.87. The molecular weight excluding hydrogens is 198 g/mol. The fourth-order valence-electron chi connectivity index (χ4n) is 0.935. The smallest absolute Gasteiger partial charge is 0.348 e. The van der Waals surface area contributed by atoms with Crippen LogP contribution >= 0.6 is 0 Å². The van der Waals surface area contributed by atoms with Gasteiger partial charge in [-0.1, -0.05) is 5.11 Å². The SMILES string of the molecule is NC(=O)N=Nc1ccc(C=O)cc1C=O. The predicted octanol–water partition coefficient (Wildman–Crippen LogP) is 1.47. The van der Waals surface area contributed by atoms with Crippen LogP contribution in [0.3, 0.4) is 0 Å². The van der Waals surface area contributed by atoms with Gasteiger partial charge in [-0.05, 0) is 18.2 Å². The number of azo groups is 1. The summed E-state index contributed by atoms with van der Waals surface area (Å²) in [5.41, 5.74) is 5.45. The van der Waals surface area contributed by atoms with Crippen LogP contribution in [0.25, 0.3) is 0 Å². The molecule has 0 unspecified atom stereocenters. The van der Waals surface area contributed by atoms with Gasteiger partial charge in [0.05, 0.1) is 5.69 Å². The van der Waals surface area contributed by atoms with Gasteiger partial charge in [0.25, 0.3) is 0 Å². The lowest BCUT2D eigenvalue weighted by molar-refractivity contribution is 0.112. The van der Waals surface area contributed by atoms with Crippen LogP contribution in [0.5, 0.6) is 0 Å². The highest BCUT2D eigenvalue weighted by Gasteiger charge is 2.02. The van der Waals surface area contributed by atoms with E-state index in [1.165, 1.54) is 18.2 Å². The summed E-state index contributed by atoms with van der Waals surface area (Å²) in [6.45, 7) is 0. The Hall–Kier alpha value is -2.37. The highest BCUT2D eigenvalue weighted by Crippen LogP contribution is 2.18. The van der Waals surface area contributed by atoms with Gasteiger partial charge in [-0.2, -0.15) is 0 Å². The summed E-state index contributed by atoms with van der Waals surface area (Å²) in [5.74, 6) is 0. The van der Waals surface area contributed by atoms with Gasteiger partial charge in [0.2, 0.25) is 0 Å². The van der Waals surface area contributed by atoms with E-state index in [9.17, 15) is 14.4 Å². The number of hydrogen-bond donors (Lipinski definition) is 1. The van der Waals surface area contributed by atoms with E-state index < -0.39 is 6.03 Å². The van der Waals surface area contributed by atoms with Gasteiger partial charge in [0, 0.05) is 11.1 Å². The number of carbonyl (C=O) groups is 3. The van der Waals surface area contributed by atoms with Crippen molar-refractivity contribution >= 4 is 24.3 Å².